The van der Waals surface area contributed by atoms with Crippen molar-refractivity contribution in [2.45, 2.75) is 12.8 Å². The Hall–Kier alpha value is -1.78. The maximum atomic E-state index is 5.49. The van der Waals surface area contributed by atoms with Crippen LogP contribution in [0.3, 0.4) is 0 Å². The van der Waals surface area contributed by atoms with Crippen LogP contribution in [0, 0.1) is 0 Å². The molecule has 3 N–H and O–H groups in total. The normalized spacial score (nSPS) is 10.6. The molecule has 0 radical (unpaired) electrons. The number of nitrogens with zero attached hydrogens (tertiary/aromatic N) is 3. The smallest absolute Gasteiger partial charge is 0.145 e. The van der Waals surface area contributed by atoms with Gasteiger partial charge in [0.15, 0.2) is 0 Å². The van der Waals surface area contributed by atoms with Crippen molar-refractivity contribution in [3.63, 3.8) is 0 Å². The van der Waals surface area contributed by atoms with Crippen molar-refractivity contribution < 1.29 is 0 Å². The predicted octanol–water partition coefficient (Wildman–Crippen LogP) is 0.511. The minimum Gasteiger partial charge on any atom is -0.382 e. The Morgan fingerprint density at radius 2 is 2.36 bits per heavy atom. The highest BCUT2D eigenvalue weighted by molar-refractivity contribution is 5.28. The van der Waals surface area contributed by atoms with Crippen molar-refractivity contribution >= 4 is 5.82 Å². The Bertz CT molecular complexity index is 414. The molecule has 2 aromatic heterocycles. The largest absolute Gasteiger partial charge is 0.382 e. The van der Waals surface area contributed by atoms with Crippen LogP contribution in [0.4, 0.5) is 5.82 Å². The minimum absolute atomic E-state index is 0.542. The summed E-state index contributed by atoms with van der Waals surface area (Å²) >= 11 is 0. The maximum absolute atomic E-state index is 5.49. The molecule has 0 atom stereocenters. The van der Waals surface area contributed by atoms with E-state index in [1.165, 1.54) is 0 Å². The summed E-state index contributed by atoms with van der Waals surface area (Å²) < 4.78 is 2.01. The maximum Gasteiger partial charge on any atom is 0.145 e. The van der Waals surface area contributed by atoms with Gasteiger partial charge in [0.25, 0.3) is 0 Å². The number of aromatic amines is 1. The number of nitrogens with two attached hydrogens (primary N) is 1. The van der Waals surface area contributed by atoms with Crippen LogP contribution in [0.25, 0.3) is 0 Å². The molecule has 0 aliphatic carbocycles. The van der Waals surface area contributed by atoms with Crippen molar-refractivity contribution in [3.05, 3.63) is 30.0 Å². The van der Waals surface area contributed by atoms with Crippen LogP contribution in [0.1, 0.15) is 11.5 Å². The quantitative estimate of drug-likeness (QED) is 0.742. The van der Waals surface area contributed by atoms with Gasteiger partial charge in [0.1, 0.15) is 11.6 Å². The molecule has 2 heterocycles. The summed E-state index contributed by atoms with van der Waals surface area (Å²) in [5.74, 6) is 1.61. The Morgan fingerprint density at radius 3 is 2.93 bits per heavy atom. The number of aromatic nitrogens is 4. The van der Waals surface area contributed by atoms with Gasteiger partial charge < -0.3 is 10.3 Å². The number of rotatable bonds is 3. The monoisotopic (exact) mass is 191 g/mol. The molecule has 5 nitrogen and oxygen atoms in total. The van der Waals surface area contributed by atoms with Crippen LogP contribution >= 0.6 is 0 Å². The Kier molecular flexibility index (Phi) is 2.22. The zero-order valence-corrected chi connectivity index (χ0v) is 8.07. The van der Waals surface area contributed by atoms with Crippen LogP contribution in [-0.2, 0) is 19.9 Å². The standard InChI is InChI=1S/C9H13N5/c1-14-5-4-11-9(14)3-2-7-6-8(10)13-12-7/h4-6H,2-3H2,1H3,(H3,10,12,13). The highest BCUT2D eigenvalue weighted by atomic mass is 15.2. The predicted molar refractivity (Wildman–Crippen MR) is 53.6 cm³/mol. The third kappa shape index (κ3) is 1.76. The van der Waals surface area contributed by atoms with Crippen LogP contribution < -0.4 is 5.73 Å². The first-order valence-electron chi connectivity index (χ1n) is 4.51. The van der Waals surface area contributed by atoms with Gasteiger partial charge in [-0.1, -0.05) is 0 Å². The average molecular weight is 191 g/mol. The van der Waals surface area contributed by atoms with Gasteiger partial charge in [0.05, 0.1) is 0 Å². The van der Waals surface area contributed by atoms with E-state index in [9.17, 15) is 0 Å². The van der Waals surface area contributed by atoms with Gasteiger partial charge in [-0.15, -0.1) is 0 Å². The van der Waals surface area contributed by atoms with Crippen molar-refractivity contribution in [2.24, 2.45) is 7.05 Å². The second-order valence-electron chi connectivity index (χ2n) is 3.27. The molecule has 0 spiro atoms. The van der Waals surface area contributed by atoms with E-state index in [0.717, 1.165) is 24.4 Å². The molecule has 0 aliphatic heterocycles. The van der Waals surface area contributed by atoms with Gasteiger partial charge in [-0.05, 0) is 6.42 Å². The fourth-order valence-corrected chi connectivity index (χ4v) is 1.39. The fourth-order valence-electron chi connectivity index (χ4n) is 1.39. The topological polar surface area (TPSA) is 72.5 Å². The summed E-state index contributed by atoms with van der Waals surface area (Å²) in [7, 11) is 1.99. The Balaban J connectivity index is 1.98. The van der Waals surface area contributed by atoms with Gasteiger partial charge >= 0.3 is 0 Å². The number of hydrogen-bond donors (Lipinski definition) is 2. The number of imidazole rings is 1. The third-order valence-electron chi connectivity index (χ3n) is 2.19. The molecule has 14 heavy (non-hydrogen) atoms. The second-order valence-corrected chi connectivity index (χ2v) is 3.27. The molecular formula is C9H13N5. The van der Waals surface area contributed by atoms with Gasteiger partial charge in [-0.25, -0.2) is 4.98 Å². The molecule has 74 valence electrons. The summed E-state index contributed by atoms with van der Waals surface area (Å²) in [4.78, 5) is 4.24. The molecule has 0 aromatic carbocycles. The molecule has 2 rings (SSSR count). The molecule has 0 unspecified atom stereocenters. The van der Waals surface area contributed by atoms with E-state index in [1.54, 1.807) is 6.20 Å². The number of hydrogen-bond acceptors (Lipinski definition) is 3. The number of nitrogens with one attached hydrogen (secondary N) is 1. The Morgan fingerprint density at radius 1 is 1.50 bits per heavy atom. The van der Waals surface area contributed by atoms with E-state index < -0.39 is 0 Å². The Labute approximate surface area is 82.0 Å². The van der Waals surface area contributed by atoms with E-state index in [-0.39, 0.29) is 0 Å². The number of H-pyrrole nitrogens is 1. The van der Waals surface area contributed by atoms with Crippen molar-refractivity contribution in [1.82, 2.24) is 19.7 Å². The lowest BCUT2D eigenvalue weighted by Crippen LogP contribution is -1.99. The SMILES string of the molecule is Cn1ccnc1CCc1cc(N)n[nH]1. The molecule has 0 fully saturated rings. The van der Waals surface area contributed by atoms with Crippen LogP contribution in [0.5, 0.6) is 0 Å². The molecule has 5 heteroatoms. The minimum atomic E-state index is 0.542. The van der Waals surface area contributed by atoms with Crippen LogP contribution in [0.2, 0.25) is 0 Å². The van der Waals surface area contributed by atoms with Crippen molar-refractivity contribution in [2.75, 3.05) is 5.73 Å². The zero-order valence-electron chi connectivity index (χ0n) is 8.07. The van der Waals surface area contributed by atoms with E-state index >= 15 is 0 Å². The van der Waals surface area contributed by atoms with Crippen molar-refractivity contribution in [1.29, 1.82) is 0 Å². The summed E-state index contributed by atoms with van der Waals surface area (Å²) in [6.07, 6.45) is 5.52. The average Bonchev–Trinajstić information content (AvgIpc) is 2.72. The lowest BCUT2D eigenvalue weighted by atomic mass is 10.2. The molecular weight excluding hydrogens is 178 g/mol. The molecule has 0 amide bonds. The lowest BCUT2D eigenvalue weighted by Gasteiger charge is -1.99. The second kappa shape index (κ2) is 3.53. The first kappa shape index (κ1) is 8.80. The van der Waals surface area contributed by atoms with Crippen LogP contribution in [-0.4, -0.2) is 19.7 Å². The lowest BCUT2D eigenvalue weighted by molar-refractivity contribution is 0.759. The van der Waals surface area contributed by atoms with E-state index in [4.69, 9.17) is 5.73 Å². The highest BCUT2D eigenvalue weighted by Crippen LogP contribution is 2.05. The third-order valence-corrected chi connectivity index (χ3v) is 2.19. The van der Waals surface area contributed by atoms with Crippen molar-refractivity contribution in [3.8, 4) is 0 Å². The van der Waals surface area contributed by atoms with Gasteiger partial charge in [-0.3, -0.25) is 5.10 Å². The molecule has 0 saturated heterocycles. The van der Waals surface area contributed by atoms with E-state index in [1.807, 2.05) is 23.9 Å². The molecule has 0 bridgehead atoms. The number of aryl methyl sites for hydroxylation is 3. The van der Waals surface area contributed by atoms with E-state index in [0.29, 0.717) is 5.82 Å². The molecule has 2 aromatic rings. The fraction of sp³-hybridized carbons (Fsp3) is 0.333. The number of nitrogen functional groups attached to an aromatic ring is 1. The van der Waals surface area contributed by atoms with E-state index in [2.05, 4.69) is 15.2 Å². The summed E-state index contributed by atoms with van der Waals surface area (Å²) in [5.41, 5.74) is 6.54. The first-order chi connectivity index (χ1) is 6.75. The zero-order chi connectivity index (χ0) is 9.97. The van der Waals surface area contributed by atoms with Gasteiger partial charge in [0, 0.05) is 37.6 Å². The molecule has 0 aliphatic rings. The summed E-state index contributed by atoms with van der Waals surface area (Å²) in [6, 6.07) is 1.85. The highest BCUT2D eigenvalue weighted by Gasteiger charge is 2.02. The van der Waals surface area contributed by atoms with Gasteiger partial charge in [0.2, 0.25) is 0 Å². The summed E-state index contributed by atoms with van der Waals surface area (Å²) in [6.45, 7) is 0. The van der Waals surface area contributed by atoms with Gasteiger partial charge in [-0.2, -0.15) is 5.10 Å². The first-order valence-corrected chi connectivity index (χ1v) is 4.51. The molecule has 0 saturated carbocycles. The summed E-state index contributed by atoms with van der Waals surface area (Å²) in [5, 5.41) is 6.74. The number of anilines is 1. The van der Waals surface area contributed by atoms with Crippen LogP contribution in [0.15, 0.2) is 18.5 Å².